The van der Waals surface area contributed by atoms with Crippen molar-refractivity contribution in [2.24, 2.45) is 0 Å². The molecule has 0 saturated heterocycles. The molecule has 0 N–H and O–H groups in total. The van der Waals surface area contributed by atoms with E-state index in [1.165, 1.54) is 31.3 Å². The summed E-state index contributed by atoms with van der Waals surface area (Å²) >= 11 is 0. The zero-order valence-corrected chi connectivity index (χ0v) is 12.6. The summed E-state index contributed by atoms with van der Waals surface area (Å²) in [6, 6.07) is 9.45. The van der Waals surface area contributed by atoms with Gasteiger partial charge in [0, 0.05) is 31.3 Å². The summed E-state index contributed by atoms with van der Waals surface area (Å²) in [7, 11) is -2.64. The Morgan fingerprint density at radius 1 is 0.826 bits per heavy atom. The Bertz CT molecular complexity index is 846. The molecule has 0 atom stereocenters. The molecule has 0 bridgehead atoms. The molecule has 0 amide bonds. The molecule has 0 heterocycles. The molecule has 10 heteroatoms. The Labute approximate surface area is 131 Å². The van der Waals surface area contributed by atoms with E-state index in [1.54, 1.807) is 0 Å². The van der Waals surface area contributed by atoms with Crippen LogP contribution in [0.1, 0.15) is 0 Å². The molecular formula is C13H11N3O6S. The quantitative estimate of drug-likeness (QED) is 0.609. The highest BCUT2D eigenvalue weighted by Gasteiger charge is 2.22. The van der Waals surface area contributed by atoms with Gasteiger partial charge in [-0.1, -0.05) is 0 Å². The highest BCUT2D eigenvalue weighted by molar-refractivity contribution is 7.92. The van der Waals surface area contributed by atoms with E-state index in [2.05, 4.69) is 0 Å². The van der Waals surface area contributed by atoms with Crippen molar-refractivity contribution in [2.45, 2.75) is 4.90 Å². The number of anilines is 1. The number of rotatable bonds is 5. The fourth-order valence-corrected chi connectivity index (χ4v) is 3.02. The maximum atomic E-state index is 12.5. The van der Waals surface area contributed by atoms with Gasteiger partial charge < -0.3 is 0 Å². The lowest BCUT2D eigenvalue weighted by Crippen LogP contribution is -2.26. The van der Waals surface area contributed by atoms with Crippen LogP contribution in [0.2, 0.25) is 0 Å². The Morgan fingerprint density at radius 2 is 1.22 bits per heavy atom. The van der Waals surface area contributed by atoms with Crippen molar-refractivity contribution in [3.63, 3.8) is 0 Å². The van der Waals surface area contributed by atoms with Crippen LogP contribution in [0.4, 0.5) is 17.1 Å². The molecule has 0 spiro atoms. The van der Waals surface area contributed by atoms with Crippen LogP contribution in [0.3, 0.4) is 0 Å². The normalized spacial score (nSPS) is 11.0. The monoisotopic (exact) mass is 337 g/mol. The fourth-order valence-electron chi connectivity index (χ4n) is 1.82. The van der Waals surface area contributed by atoms with Crippen molar-refractivity contribution in [1.82, 2.24) is 0 Å². The number of benzene rings is 2. The van der Waals surface area contributed by atoms with Crippen LogP contribution in [0.5, 0.6) is 0 Å². The highest BCUT2D eigenvalue weighted by atomic mass is 32.2. The van der Waals surface area contributed by atoms with Gasteiger partial charge in [-0.3, -0.25) is 24.5 Å². The minimum absolute atomic E-state index is 0.121. The smallest absolute Gasteiger partial charge is 0.269 e. The standard InChI is InChI=1S/C13H11N3O6S/c1-14(10-2-4-11(5-3-10)15(17)18)23(21,22)13-8-6-12(7-9-13)16(19)20/h2-9H,1H3. The largest absolute Gasteiger partial charge is 0.269 e. The van der Waals surface area contributed by atoms with Crippen molar-refractivity contribution in [2.75, 3.05) is 11.4 Å². The number of hydrogen-bond acceptors (Lipinski definition) is 6. The van der Waals surface area contributed by atoms with Gasteiger partial charge in [0.2, 0.25) is 0 Å². The molecule has 120 valence electrons. The van der Waals surface area contributed by atoms with Crippen molar-refractivity contribution >= 4 is 27.1 Å². The topological polar surface area (TPSA) is 124 Å². The van der Waals surface area contributed by atoms with Crippen LogP contribution in [-0.2, 0) is 10.0 Å². The van der Waals surface area contributed by atoms with Crippen molar-refractivity contribution in [3.05, 3.63) is 68.8 Å². The van der Waals surface area contributed by atoms with Gasteiger partial charge in [-0.2, -0.15) is 0 Å². The van der Waals surface area contributed by atoms with E-state index in [1.807, 2.05) is 0 Å². The average molecular weight is 337 g/mol. The van der Waals surface area contributed by atoms with Crippen LogP contribution in [0.15, 0.2) is 53.4 Å². The molecular weight excluding hydrogens is 326 g/mol. The van der Waals surface area contributed by atoms with E-state index >= 15 is 0 Å². The maximum Gasteiger partial charge on any atom is 0.269 e. The fraction of sp³-hybridized carbons (Fsp3) is 0.0769. The number of nitrogens with zero attached hydrogens (tertiary/aromatic N) is 3. The minimum atomic E-state index is -3.93. The van der Waals surface area contributed by atoms with E-state index in [4.69, 9.17) is 0 Å². The molecule has 0 aromatic heterocycles. The van der Waals surface area contributed by atoms with E-state index in [-0.39, 0.29) is 22.0 Å². The van der Waals surface area contributed by atoms with Crippen LogP contribution < -0.4 is 4.31 Å². The molecule has 0 aliphatic rings. The molecule has 0 radical (unpaired) electrons. The van der Waals surface area contributed by atoms with Crippen molar-refractivity contribution in [3.8, 4) is 0 Å². The minimum Gasteiger partial charge on any atom is -0.269 e. The summed E-state index contributed by atoms with van der Waals surface area (Å²) in [4.78, 5) is 19.9. The molecule has 23 heavy (non-hydrogen) atoms. The third kappa shape index (κ3) is 3.26. The Balaban J connectivity index is 2.34. The second-order valence-corrected chi connectivity index (χ2v) is 6.47. The Hall–Kier alpha value is -3.01. The molecule has 0 aliphatic carbocycles. The molecule has 9 nitrogen and oxygen atoms in total. The summed E-state index contributed by atoms with van der Waals surface area (Å²) in [5.74, 6) is 0. The van der Waals surface area contributed by atoms with E-state index in [0.29, 0.717) is 0 Å². The van der Waals surface area contributed by atoms with Crippen molar-refractivity contribution < 1.29 is 18.3 Å². The second-order valence-electron chi connectivity index (χ2n) is 4.50. The third-order valence-electron chi connectivity index (χ3n) is 3.13. The van der Waals surface area contributed by atoms with Gasteiger partial charge in [-0.15, -0.1) is 0 Å². The number of non-ortho nitro benzene ring substituents is 2. The first-order valence-corrected chi connectivity index (χ1v) is 7.65. The molecule has 2 rings (SSSR count). The number of nitro benzene ring substituents is 2. The van der Waals surface area contributed by atoms with E-state index < -0.39 is 19.9 Å². The van der Waals surface area contributed by atoms with E-state index in [9.17, 15) is 28.6 Å². The molecule has 2 aromatic rings. The lowest BCUT2D eigenvalue weighted by Gasteiger charge is -2.19. The van der Waals surface area contributed by atoms with Crippen molar-refractivity contribution in [1.29, 1.82) is 0 Å². The van der Waals surface area contributed by atoms with Crippen LogP contribution in [-0.4, -0.2) is 25.3 Å². The summed E-state index contributed by atoms with van der Waals surface area (Å²) in [5.41, 5.74) is -0.147. The number of nitro groups is 2. The Kier molecular flexibility index (Phi) is 4.27. The first-order chi connectivity index (χ1) is 10.7. The molecule has 0 fully saturated rings. The predicted molar refractivity (Wildman–Crippen MR) is 81.8 cm³/mol. The van der Waals surface area contributed by atoms with Crippen LogP contribution >= 0.6 is 0 Å². The van der Waals surface area contributed by atoms with Gasteiger partial charge >= 0.3 is 0 Å². The summed E-state index contributed by atoms with van der Waals surface area (Å²) in [6.45, 7) is 0. The molecule has 0 aliphatic heterocycles. The SMILES string of the molecule is CN(c1ccc([N+](=O)[O-])cc1)S(=O)(=O)c1ccc([N+](=O)[O-])cc1. The maximum absolute atomic E-state index is 12.5. The van der Waals surface area contributed by atoms with Crippen LogP contribution in [0, 0.1) is 20.2 Å². The summed E-state index contributed by atoms with van der Waals surface area (Å²) < 4.78 is 25.9. The summed E-state index contributed by atoms with van der Waals surface area (Å²) in [6.07, 6.45) is 0. The molecule has 0 unspecified atom stereocenters. The molecule has 2 aromatic carbocycles. The van der Waals surface area contributed by atoms with Gasteiger partial charge in [0.15, 0.2) is 0 Å². The number of hydrogen-bond donors (Lipinski definition) is 0. The van der Waals surface area contributed by atoms with Gasteiger partial charge in [0.05, 0.1) is 20.4 Å². The Morgan fingerprint density at radius 3 is 1.61 bits per heavy atom. The first-order valence-electron chi connectivity index (χ1n) is 6.21. The number of sulfonamides is 1. The van der Waals surface area contributed by atoms with Gasteiger partial charge in [0.1, 0.15) is 0 Å². The van der Waals surface area contributed by atoms with Gasteiger partial charge in [0.25, 0.3) is 21.4 Å². The average Bonchev–Trinajstić information content (AvgIpc) is 2.54. The predicted octanol–water partition coefficient (Wildman–Crippen LogP) is 2.33. The van der Waals surface area contributed by atoms with Gasteiger partial charge in [-0.05, 0) is 24.3 Å². The zero-order valence-electron chi connectivity index (χ0n) is 11.8. The second kappa shape index (κ2) is 6.01. The lowest BCUT2D eigenvalue weighted by atomic mass is 10.3. The van der Waals surface area contributed by atoms with Crippen LogP contribution in [0.25, 0.3) is 0 Å². The van der Waals surface area contributed by atoms with E-state index in [0.717, 1.165) is 28.6 Å². The third-order valence-corrected chi connectivity index (χ3v) is 4.93. The highest BCUT2D eigenvalue weighted by Crippen LogP contribution is 2.25. The first kappa shape index (κ1) is 16.4. The lowest BCUT2D eigenvalue weighted by molar-refractivity contribution is -0.385. The van der Waals surface area contributed by atoms with Gasteiger partial charge in [-0.25, -0.2) is 8.42 Å². The zero-order chi connectivity index (χ0) is 17.2. The molecule has 0 saturated carbocycles. The summed E-state index contributed by atoms with van der Waals surface area (Å²) in [5, 5.41) is 21.2.